The van der Waals surface area contributed by atoms with Crippen molar-refractivity contribution in [2.75, 3.05) is 0 Å². The van der Waals surface area contributed by atoms with E-state index >= 15 is 0 Å². The van der Waals surface area contributed by atoms with E-state index in [0.29, 0.717) is 23.1 Å². The second kappa shape index (κ2) is 11.4. The molecule has 0 saturated heterocycles. The summed E-state index contributed by atoms with van der Waals surface area (Å²) < 4.78 is 51.0. The molecule has 0 aliphatic heterocycles. The third kappa shape index (κ3) is 5.45. The second-order valence-corrected chi connectivity index (χ2v) is 12.7. The molecule has 6 rings (SSSR count). The highest BCUT2D eigenvalue weighted by molar-refractivity contribution is 5.81. The summed E-state index contributed by atoms with van der Waals surface area (Å²) in [7, 11) is 0. The summed E-state index contributed by atoms with van der Waals surface area (Å²) in [5, 5.41) is 0. The van der Waals surface area contributed by atoms with Crippen LogP contribution in [-0.2, 0) is 5.41 Å². The van der Waals surface area contributed by atoms with Gasteiger partial charge in [0.05, 0.1) is 11.1 Å². The van der Waals surface area contributed by atoms with Crippen LogP contribution in [0.5, 0.6) is 0 Å². The molecule has 0 fully saturated rings. The number of hydrogen-bond acceptors (Lipinski definition) is 3. The van der Waals surface area contributed by atoms with E-state index in [1.165, 1.54) is 13.8 Å². The average molecular weight is 608 g/mol. The third-order valence-corrected chi connectivity index (χ3v) is 8.54. The van der Waals surface area contributed by atoms with Crippen LogP contribution >= 0.6 is 0 Å². The molecule has 0 aliphatic carbocycles. The van der Waals surface area contributed by atoms with Crippen LogP contribution in [0.25, 0.3) is 51.0 Å². The number of nitrogens with zero attached hydrogens (tertiary/aromatic N) is 3. The predicted molar refractivity (Wildman–Crippen MR) is 175 cm³/mol. The SMILES string of the molecule is CC(C)c1cc(C(C)(C)C(F)(F)F)cc(C(C)C)c1-c1cccc(-n2c(-c3ccccc3)nc3nc(-c4ccccc4)oc32)c1. The molecule has 0 N–H and O–H groups in total. The van der Waals surface area contributed by atoms with Gasteiger partial charge in [0.2, 0.25) is 11.5 Å². The van der Waals surface area contributed by atoms with E-state index < -0.39 is 11.6 Å². The van der Waals surface area contributed by atoms with Gasteiger partial charge in [-0.15, -0.1) is 0 Å². The number of hydrogen-bond donors (Lipinski definition) is 0. The maximum atomic E-state index is 14.2. The zero-order valence-corrected chi connectivity index (χ0v) is 26.3. The van der Waals surface area contributed by atoms with Crippen molar-refractivity contribution in [1.82, 2.24) is 14.5 Å². The van der Waals surface area contributed by atoms with Crippen molar-refractivity contribution in [2.24, 2.45) is 0 Å². The number of aromatic nitrogens is 3. The first-order chi connectivity index (χ1) is 21.4. The highest BCUT2D eigenvalue weighted by atomic mass is 19.4. The summed E-state index contributed by atoms with van der Waals surface area (Å²) in [6, 6.07) is 31.1. The number of imidazole rings is 1. The van der Waals surface area contributed by atoms with Crippen LogP contribution in [0.2, 0.25) is 0 Å². The van der Waals surface area contributed by atoms with Crippen molar-refractivity contribution in [2.45, 2.75) is 65.0 Å². The Morgan fingerprint density at radius 2 is 1.22 bits per heavy atom. The molecule has 0 amide bonds. The molecule has 230 valence electrons. The molecule has 4 aromatic carbocycles. The normalized spacial score (nSPS) is 12.5. The summed E-state index contributed by atoms with van der Waals surface area (Å²) in [4.78, 5) is 9.65. The van der Waals surface area contributed by atoms with E-state index in [4.69, 9.17) is 14.4 Å². The molecule has 0 bridgehead atoms. The third-order valence-electron chi connectivity index (χ3n) is 8.54. The van der Waals surface area contributed by atoms with Crippen LogP contribution < -0.4 is 0 Å². The Kier molecular flexibility index (Phi) is 7.67. The van der Waals surface area contributed by atoms with Crippen molar-refractivity contribution in [3.8, 4) is 39.7 Å². The fourth-order valence-electron chi connectivity index (χ4n) is 5.75. The number of rotatable bonds is 7. The minimum Gasteiger partial charge on any atom is -0.417 e. The van der Waals surface area contributed by atoms with Gasteiger partial charge in [0.15, 0.2) is 0 Å². The second-order valence-electron chi connectivity index (χ2n) is 12.7. The average Bonchev–Trinajstić information content (AvgIpc) is 3.59. The topological polar surface area (TPSA) is 43.9 Å². The minimum atomic E-state index is -4.38. The molecule has 45 heavy (non-hydrogen) atoms. The smallest absolute Gasteiger partial charge is 0.397 e. The minimum absolute atomic E-state index is 0.00678. The van der Waals surface area contributed by atoms with Crippen LogP contribution in [0.15, 0.2) is 101 Å². The Hall–Kier alpha value is -4.65. The van der Waals surface area contributed by atoms with Crippen LogP contribution in [0.3, 0.4) is 0 Å². The largest absolute Gasteiger partial charge is 0.417 e. The summed E-state index contributed by atoms with van der Waals surface area (Å²) >= 11 is 0. The molecule has 2 heterocycles. The highest BCUT2D eigenvalue weighted by Crippen LogP contribution is 2.45. The van der Waals surface area contributed by atoms with Gasteiger partial charge in [-0.1, -0.05) is 100 Å². The van der Waals surface area contributed by atoms with Crippen LogP contribution in [-0.4, -0.2) is 20.7 Å². The fourth-order valence-corrected chi connectivity index (χ4v) is 5.75. The van der Waals surface area contributed by atoms with Gasteiger partial charge in [-0.2, -0.15) is 18.2 Å². The number of fused-ring (bicyclic) bond motifs is 1. The quantitative estimate of drug-likeness (QED) is 0.181. The number of oxazole rings is 1. The molecule has 0 atom stereocenters. The van der Waals surface area contributed by atoms with Gasteiger partial charge in [0, 0.05) is 11.1 Å². The van der Waals surface area contributed by atoms with Crippen molar-refractivity contribution >= 4 is 11.4 Å². The first-order valence-corrected chi connectivity index (χ1v) is 15.2. The van der Waals surface area contributed by atoms with Crippen LogP contribution in [0.1, 0.15) is 70.1 Å². The standard InChI is InChI=1S/C38H36F3N3O/c1-23(2)30-21-28(37(5,6)38(39,40)41)22-31(24(3)4)32(30)27-18-13-19-29(20-27)44-34(25-14-9-7-10-15-25)42-33-36(44)45-35(43-33)26-16-11-8-12-17-26/h7-24H,1-6H3. The zero-order valence-electron chi connectivity index (χ0n) is 26.3. The molecule has 0 unspecified atom stereocenters. The van der Waals surface area contributed by atoms with E-state index in [1.54, 1.807) is 12.1 Å². The Balaban J connectivity index is 1.58. The van der Waals surface area contributed by atoms with Crippen molar-refractivity contribution in [1.29, 1.82) is 0 Å². The fraction of sp³-hybridized carbons (Fsp3) is 0.263. The lowest BCUT2D eigenvalue weighted by atomic mass is 9.76. The summed E-state index contributed by atoms with van der Waals surface area (Å²) in [5.41, 5.74) is 5.51. The van der Waals surface area contributed by atoms with Gasteiger partial charge in [0.1, 0.15) is 5.82 Å². The van der Waals surface area contributed by atoms with Crippen LogP contribution in [0.4, 0.5) is 13.2 Å². The van der Waals surface area contributed by atoms with Gasteiger partial charge in [-0.25, -0.2) is 4.98 Å². The Labute approximate surface area is 261 Å². The molecule has 0 spiro atoms. The van der Waals surface area contributed by atoms with E-state index in [2.05, 4.69) is 6.07 Å². The number of alkyl halides is 3. The van der Waals surface area contributed by atoms with E-state index in [9.17, 15) is 13.2 Å². The van der Waals surface area contributed by atoms with E-state index in [0.717, 1.165) is 39.1 Å². The van der Waals surface area contributed by atoms with Crippen molar-refractivity contribution < 1.29 is 17.6 Å². The van der Waals surface area contributed by atoms with Gasteiger partial charge in [-0.05, 0) is 77.8 Å². The van der Waals surface area contributed by atoms with E-state index in [-0.39, 0.29) is 17.4 Å². The van der Waals surface area contributed by atoms with Gasteiger partial charge in [-0.3, -0.25) is 4.57 Å². The molecule has 7 heteroatoms. The highest BCUT2D eigenvalue weighted by Gasteiger charge is 2.49. The monoisotopic (exact) mass is 607 g/mol. The maximum Gasteiger partial charge on any atom is 0.397 e. The van der Waals surface area contributed by atoms with Gasteiger partial charge >= 0.3 is 6.18 Å². The van der Waals surface area contributed by atoms with Crippen LogP contribution in [0, 0.1) is 0 Å². The molecule has 2 aromatic heterocycles. The lowest BCUT2D eigenvalue weighted by Crippen LogP contribution is -2.36. The summed E-state index contributed by atoms with van der Waals surface area (Å²) in [6.45, 7) is 10.6. The molecule has 6 aromatic rings. The Bertz CT molecular complexity index is 1940. The lowest BCUT2D eigenvalue weighted by molar-refractivity contribution is -0.180. The van der Waals surface area contributed by atoms with Gasteiger partial charge < -0.3 is 4.42 Å². The van der Waals surface area contributed by atoms with Crippen molar-refractivity contribution in [3.05, 3.63) is 114 Å². The molecular formula is C38H36F3N3O. The lowest BCUT2D eigenvalue weighted by Gasteiger charge is -2.31. The van der Waals surface area contributed by atoms with Crippen molar-refractivity contribution in [3.63, 3.8) is 0 Å². The zero-order chi connectivity index (χ0) is 32.1. The van der Waals surface area contributed by atoms with Gasteiger partial charge in [0.25, 0.3) is 5.71 Å². The number of halogens is 3. The summed E-state index contributed by atoms with van der Waals surface area (Å²) in [6.07, 6.45) is -4.38. The molecule has 0 aliphatic rings. The molecule has 0 saturated carbocycles. The predicted octanol–water partition coefficient (Wildman–Crippen LogP) is 11.1. The van der Waals surface area contributed by atoms with E-state index in [1.807, 2.05) is 111 Å². The molecule has 4 nitrogen and oxygen atoms in total. The molecule has 0 radical (unpaired) electrons. The Morgan fingerprint density at radius 3 is 1.78 bits per heavy atom. The number of benzene rings is 4. The first kappa shape index (κ1) is 30.4. The maximum absolute atomic E-state index is 14.2. The molecular weight excluding hydrogens is 571 g/mol. The first-order valence-electron chi connectivity index (χ1n) is 15.2. The summed E-state index contributed by atoms with van der Waals surface area (Å²) in [5.74, 6) is 1.15. The Morgan fingerprint density at radius 1 is 0.667 bits per heavy atom.